The van der Waals surface area contributed by atoms with Gasteiger partial charge in [-0.1, -0.05) is 84.4 Å². The third kappa shape index (κ3) is 7.46. The molecular formula is C50H73N3O6. The Morgan fingerprint density at radius 2 is 1.69 bits per heavy atom. The summed E-state index contributed by atoms with van der Waals surface area (Å²) in [6, 6.07) is 10.5. The number of esters is 1. The Bertz CT molecular complexity index is 1900. The molecule has 9 heteroatoms. The highest BCUT2D eigenvalue weighted by molar-refractivity contribution is 6.00. The molecule has 1 aromatic heterocycles. The summed E-state index contributed by atoms with van der Waals surface area (Å²) >= 11 is 0. The number of aryl methyl sites for hydroxylation is 1. The summed E-state index contributed by atoms with van der Waals surface area (Å²) in [4.78, 5) is 46.0. The van der Waals surface area contributed by atoms with Crippen molar-refractivity contribution in [3.05, 3.63) is 65.8 Å². The second-order valence-corrected chi connectivity index (χ2v) is 21.9. The van der Waals surface area contributed by atoms with Crippen LogP contribution >= 0.6 is 0 Å². The van der Waals surface area contributed by atoms with Crippen molar-refractivity contribution in [2.24, 2.45) is 56.2 Å². The molecule has 0 bridgehead atoms. The van der Waals surface area contributed by atoms with Crippen LogP contribution in [0.3, 0.4) is 0 Å². The number of aromatic nitrogens is 2. The highest BCUT2D eigenvalue weighted by atomic mass is 16.5. The fourth-order valence-corrected chi connectivity index (χ4v) is 14.3. The van der Waals surface area contributed by atoms with Gasteiger partial charge in [0.15, 0.2) is 5.78 Å². The summed E-state index contributed by atoms with van der Waals surface area (Å²) in [5.74, 6) is 0.0174. The van der Waals surface area contributed by atoms with E-state index < -0.39 is 28.9 Å². The minimum absolute atomic E-state index is 0.0302. The van der Waals surface area contributed by atoms with E-state index in [9.17, 15) is 24.6 Å². The van der Waals surface area contributed by atoms with Gasteiger partial charge < -0.3 is 19.5 Å². The maximum Gasteiger partial charge on any atom is 0.309 e. The molecule has 59 heavy (non-hydrogen) atoms. The molecule has 0 amide bonds. The standard InChI is InChI=1S/C50H73N3O6/c1-33(2)42-36(54)28-50(39(55)31-53(30-34-14-11-10-12-15-34)26-13-25-52-27-24-51-32-52)23-22-48(8)35(43(42)50)16-17-38-47(7)20-19-40(59-41(56)29-45(3,4)44(57)58)46(5,6)37(47)18-21-49(38,48)9/h10-12,14-15,24,27,32-33,35,37-40,55H,13,16-23,25-26,28-31H2,1-9H3,(H,57,58)/t35-,37+,38-,39-,40+,47+,48-,49-,50+/m1/s1. The molecule has 2 aromatic rings. The number of nitrogens with zero attached hydrogens (tertiary/aromatic N) is 3. The minimum Gasteiger partial charge on any atom is -0.481 e. The van der Waals surface area contributed by atoms with Crippen LogP contribution in [0.1, 0.15) is 139 Å². The Hall–Kier alpha value is -3.30. The molecule has 2 N–H and O–H groups in total. The Morgan fingerprint density at radius 1 is 0.966 bits per heavy atom. The van der Waals surface area contributed by atoms with Crippen LogP contribution in [-0.4, -0.2) is 67.7 Å². The maximum absolute atomic E-state index is 14.4. The van der Waals surface area contributed by atoms with Crippen molar-refractivity contribution < 1.29 is 29.3 Å². The number of ether oxygens (including phenoxy) is 1. The predicted molar refractivity (Wildman–Crippen MR) is 230 cm³/mol. The first-order valence-electron chi connectivity index (χ1n) is 22.8. The van der Waals surface area contributed by atoms with Crippen LogP contribution in [0.15, 0.2) is 60.2 Å². The van der Waals surface area contributed by atoms with Crippen molar-refractivity contribution in [3.63, 3.8) is 0 Å². The van der Waals surface area contributed by atoms with Crippen molar-refractivity contribution in [2.75, 3.05) is 13.1 Å². The van der Waals surface area contributed by atoms with E-state index in [0.29, 0.717) is 24.8 Å². The summed E-state index contributed by atoms with van der Waals surface area (Å²) in [6.07, 6.45) is 13.8. The number of aliphatic carboxylic acids is 1. The number of carboxylic acid groups (broad SMARTS) is 1. The number of allylic oxidation sites excluding steroid dienone is 1. The number of hydrogen-bond donors (Lipinski definition) is 2. The summed E-state index contributed by atoms with van der Waals surface area (Å²) in [7, 11) is 0. The molecule has 9 nitrogen and oxygen atoms in total. The monoisotopic (exact) mass is 812 g/mol. The van der Waals surface area contributed by atoms with Crippen molar-refractivity contribution in [2.45, 2.75) is 158 Å². The van der Waals surface area contributed by atoms with Gasteiger partial charge in [-0.15, -0.1) is 0 Å². The lowest BCUT2D eigenvalue weighted by atomic mass is 9.33. The van der Waals surface area contributed by atoms with Crippen LogP contribution in [0.2, 0.25) is 0 Å². The number of hydrogen-bond acceptors (Lipinski definition) is 7. The Kier molecular flexibility index (Phi) is 11.8. The zero-order valence-corrected chi connectivity index (χ0v) is 37.6. The molecule has 4 saturated carbocycles. The number of rotatable bonds is 14. The topological polar surface area (TPSA) is 122 Å². The summed E-state index contributed by atoms with van der Waals surface area (Å²) in [5.41, 5.74) is 1.63. The molecule has 5 aliphatic carbocycles. The number of benzene rings is 1. The first-order chi connectivity index (χ1) is 27.7. The minimum atomic E-state index is -1.17. The van der Waals surface area contributed by atoms with Gasteiger partial charge in [-0.3, -0.25) is 19.3 Å². The Morgan fingerprint density at radius 3 is 2.36 bits per heavy atom. The lowest BCUT2D eigenvalue weighted by Crippen LogP contribution is -2.66. The fourth-order valence-electron chi connectivity index (χ4n) is 14.3. The first-order valence-corrected chi connectivity index (χ1v) is 22.8. The van der Waals surface area contributed by atoms with Gasteiger partial charge in [0, 0.05) is 55.8 Å². The normalized spacial score (nSPS) is 34.5. The van der Waals surface area contributed by atoms with Crippen molar-refractivity contribution in [3.8, 4) is 0 Å². The first kappa shape index (κ1) is 43.8. The molecular weight excluding hydrogens is 739 g/mol. The van der Waals surface area contributed by atoms with Crippen LogP contribution in [0, 0.1) is 56.2 Å². The van der Waals surface area contributed by atoms with E-state index in [1.54, 1.807) is 13.8 Å². The number of fused-ring (bicyclic) bond motifs is 7. The summed E-state index contributed by atoms with van der Waals surface area (Å²) in [6.45, 7) is 22.7. The molecule has 0 saturated heterocycles. The molecule has 324 valence electrons. The number of carbonyl (C=O) groups excluding carboxylic acids is 2. The number of ketones is 1. The highest BCUT2D eigenvalue weighted by Crippen LogP contribution is 2.77. The lowest BCUT2D eigenvalue weighted by Gasteiger charge is -2.72. The quantitative estimate of drug-likeness (QED) is 0.181. The van der Waals surface area contributed by atoms with E-state index in [1.807, 2.05) is 24.8 Å². The van der Waals surface area contributed by atoms with Gasteiger partial charge in [0.1, 0.15) is 6.10 Å². The van der Waals surface area contributed by atoms with Crippen LogP contribution in [-0.2, 0) is 32.2 Å². The van der Waals surface area contributed by atoms with Crippen molar-refractivity contribution >= 4 is 17.7 Å². The molecule has 7 rings (SSSR count). The molecule has 0 radical (unpaired) electrons. The third-order valence-corrected chi connectivity index (χ3v) is 17.6. The zero-order valence-electron chi connectivity index (χ0n) is 37.6. The van der Waals surface area contributed by atoms with Gasteiger partial charge in [-0.05, 0) is 123 Å². The molecule has 5 aliphatic rings. The summed E-state index contributed by atoms with van der Waals surface area (Å²) in [5, 5.41) is 22.4. The Balaban J connectivity index is 1.15. The average molecular weight is 812 g/mol. The van der Waals surface area contributed by atoms with E-state index in [4.69, 9.17) is 4.74 Å². The van der Waals surface area contributed by atoms with E-state index in [0.717, 1.165) is 83.0 Å². The number of carboxylic acids is 1. The SMILES string of the molecule is CC(C)C1=C2[C@H]3CC[C@@H]4[C@@]5(C)CC[C@H](OC(=O)CC(C)(C)C(=O)O)C(C)(C)[C@@H]5CC[C@@]4(C)[C@]3(C)CC[C@@]2([C@H](O)CN(CCCn2ccnc2)Cc2ccccc2)CC1=O. The number of imidazole rings is 1. The van der Waals surface area contributed by atoms with Gasteiger partial charge in [-0.25, -0.2) is 4.98 Å². The highest BCUT2D eigenvalue weighted by Gasteiger charge is 2.71. The van der Waals surface area contributed by atoms with E-state index in [-0.39, 0.29) is 51.8 Å². The van der Waals surface area contributed by atoms with Crippen LogP contribution in [0.25, 0.3) is 0 Å². The second kappa shape index (κ2) is 15.9. The largest absolute Gasteiger partial charge is 0.481 e. The number of Topliss-reactive ketones (excluding diaryl/α,β-unsaturated/α-hetero) is 1. The van der Waals surface area contributed by atoms with Gasteiger partial charge in [0.2, 0.25) is 0 Å². The maximum atomic E-state index is 14.4. The van der Waals surface area contributed by atoms with Crippen molar-refractivity contribution in [1.29, 1.82) is 0 Å². The number of carbonyl (C=O) groups is 3. The number of aliphatic hydroxyl groups excluding tert-OH is 1. The van der Waals surface area contributed by atoms with E-state index in [2.05, 4.69) is 87.2 Å². The smallest absolute Gasteiger partial charge is 0.309 e. The van der Waals surface area contributed by atoms with E-state index >= 15 is 0 Å². The molecule has 0 aliphatic heterocycles. The van der Waals surface area contributed by atoms with Crippen molar-refractivity contribution in [1.82, 2.24) is 14.5 Å². The fraction of sp³-hybridized carbons (Fsp3) is 0.720. The van der Waals surface area contributed by atoms with Crippen LogP contribution in [0.4, 0.5) is 0 Å². The summed E-state index contributed by atoms with van der Waals surface area (Å²) < 4.78 is 8.32. The second-order valence-electron chi connectivity index (χ2n) is 21.9. The van der Waals surface area contributed by atoms with Crippen LogP contribution < -0.4 is 0 Å². The van der Waals surface area contributed by atoms with Gasteiger partial charge >= 0.3 is 11.9 Å². The van der Waals surface area contributed by atoms with E-state index in [1.165, 1.54) is 11.1 Å². The average Bonchev–Trinajstić information content (AvgIpc) is 3.79. The Labute approximate surface area is 353 Å². The third-order valence-electron chi connectivity index (χ3n) is 17.6. The number of aliphatic hydroxyl groups is 1. The van der Waals surface area contributed by atoms with Gasteiger partial charge in [0.25, 0.3) is 0 Å². The zero-order chi connectivity index (χ0) is 42.8. The van der Waals surface area contributed by atoms with Crippen LogP contribution in [0.5, 0.6) is 0 Å². The molecule has 1 heterocycles. The molecule has 4 fully saturated rings. The molecule has 1 aromatic carbocycles. The van der Waals surface area contributed by atoms with Gasteiger partial charge in [0.05, 0.1) is 24.3 Å². The lowest BCUT2D eigenvalue weighted by molar-refractivity contribution is -0.235. The predicted octanol–water partition coefficient (Wildman–Crippen LogP) is 9.53. The molecule has 0 unspecified atom stereocenters. The van der Waals surface area contributed by atoms with Gasteiger partial charge in [-0.2, -0.15) is 0 Å². The molecule has 9 atom stereocenters. The molecule has 0 spiro atoms.